The van der Waals surface area contributed by atoms with Crippen molar-refractivity contribution in [3.63, 3.8) is 0 Å². The van der Waals surface area contributed by atoms with Crippen molar-refractivity contribution < 1.29 is 0 Å². The van der Waals surface area contributed by atoms with E-state index in [4.69, 9.17) is 11.4 Å². The van der Waals surface area contributed by atoms with Gasteiger partial charge in [0.2, 0.25) is 5.95 Å². The highest BCUT2D eigenvalue weighted by atomic mass is 15.2. The molecule has 2 aromatic rings. The van der Waals surface area contributed by atoms with E-state index < -0.39 is 0 Å². The zero-order valence-corrected chi connectivity index (χ0v) is 17.3. The number of rotatable bonds is 7. The van der Waals surface area contributed by atoms with Gasteiger partial charge in [0.1, 0.15) is 5.82 Å². The van der Waals surface area contributed by atoms with Gasteiger partial charge in [0.25, 0.3) is 0 Å². The van der Waals surface area contributed by atoms with Crippen LogP contribution >= 0.6 is 0 Å². The Morgan fingerprint density at radius 1 is 1.31 bits per heavy atom. The molecular weight excluding hydrogens is 358 g/mol. The van der Waals surface area contributed by atoms with Gasteiger partial charge in [-0.1, -0.05) is 44.2 Å². The molecule has 0 aliphatic heterocycles. The van der Waals surface area contributed by atoms with Crippen LogP contribution in [0, 0.1) is 12.3 Å². The number of aromatic nitrogens is 2. The lowest BCUT2D eigenvalue weighted by atomic mass is 9.95. The fourth-order valence-electron chi connectivity index (χ4n) is 3.48. The van der Waals surface area contributed by atoms with Crippen LogP contribution in [0.4, 0.5) is 17.5 Å². The summed E-state index contributed by atoms with van der Waals surface area (Å²) in [6, 6.07) is 8.12. The number of benzene rings is 1. The van der Waals surface area contributed by atoms with E-state index in [2.05, 4.69) is 33.5 Å². The predicted molar refractivity (Wildman–Crippen MR) is 123 cm³/mol. The Morgan fingerprint density at radius 3 is 2.86 bits per heavy atom. The van der Waals surface area contributed by atoms with Crippen LogP contribution in [0.3, 0.4) is 0 Å². The minimum atomic E-state index is 0.434. The van der Waals surface area contributed by atoms with Crippen molar-refractivity contribution in [1.29, 1.82) is 0 Å². The van der Waals surface area contributed by atoms with Gasteiger partial charge in [-0.05, 0) is 44.4 Å². The zero-order chi connectivity index (χ0) is 20.5. The molecule has 0 amide bonds. The highest BCUT2D eigenvalue weighted by Crippen LogP contribution is 2.28. The van der Waals surface area contributed by atoms with Gasteiger partial charge in [-0.2, -0.15) is 4.98 Å². The third kappa shape index (κ3) is 5.68. The Hall–Kier alpha value is -3.13. The second-order valence-corrected chi connectivity index (χ2v) is 7.18. The molecule has 0 unspecified atom stereocenters. The topological polar surface area (TPSA) is 62.2 Å². The van der Waals surface area contributed by atoms with Crippen LogP contribution in [-0.4, -0.2) is 22.2 Å². The van der Waals surface area contributed by atoms with Crippen LogP contribution in [0.1, 0.15) is 63.5 Å². The summed E-state index contributed by atoms with van der Waals surface area (Å²) in [5.41, 5.74) is 3.49. The Bertz CT molecular complexity index is 917. The second kappa shape index (κ2) is 10.4. The molecule has 150 valence electrons. The number of hydrogen-bond donors (Lipinski definition) is 2. The van der Waals surface area contributed by atoms with Crippen LogP contribution in [0.5, 0.6) is 0 Å². The van der Waals surface area contributed by atoms with E-state index in [1.165, 1.54) is 32.1 Å². The summed E-state index contributed by atoms with van der Waals surface area (Å²) >= 11 is 0. The lowest BCUT2D eigenvalue weighted by Crippen LogP contribution is -2.24. The molecule has 5 heteroatoms. The van der Waals surface area contributed by atoms with Gasteiger partial charge in [0.05, 0.1) is 11.3 Å². The van der Waals surface area contributed by atoms with Gasteiger partial charge in [-0.15, -0.1) is 6.42 Å². The molecule has 0 spiro atoms. The van der Waals surface area contributed by atoms with Crippen molar-refractivity contribution in [2.24, 2.45) is 4.99 Å². The number of aliphatic imine (C=N–C) groups is 1. The fraction of sp³-hybridized carbons (Fsp3) is 0.375. The molecule has 5 nitrogen and oxygen atoms in total. The molecule has 0 bridgehead atoms. The van der Waals surface area contributed by atoms with Crippen LogP contribution in [0.15, 0.2) is 41.5 Å². The van der Waals surface area contributed by atoms with E-state index in [0.29, 0.717) is 12.0 Å². The third-order valence-electron chi connectivity index (χ3n) is 4.98. The standard InChI is InChI=1S/C24H29N5/c1-4-15-25-22(6-3)21-17-26-24(28-20-14-10-11-18(5-2)16-20)29-23(21)27-19-12-8-7-9-13-19/h2,6,10-11,14-17,19H,4,7-9,12-13H2,1,3H3,(H2,26,27,28,29)/b22-6-,25-15?. The molecule has 29 heavy (non-hydrogen) atoms. The highest BCUT2D eigenvalue weighted by molar-refractivity contribution is 5.79. The summed E-state index contributed by atoms with van der Waals surface area (Å²) in [6.45, 7) is 4.07. The van der Waals surface area contributed by atoms with E-state index in [9.17, 15) is 0 Å². The minimum absolute atomic E-state index is 0.434. The molecule has 1 aliphatic carbocycles. The Labute approximate surface area is 173 Å². The summed E-state index contributed by atoms with van der Waals surface area (Å²) in [5.74, 6) is 4.01. The van der Waals surface area contributed by atoms with Gasteiger partial charge in [0.15, 0.2) is 0 Å². The van der Waals surface area contributed by atoms with E-state index in [-0.39, 0.29) is 0 Å². The van der Waals surface area contributed by atoms with Crippen LogP contribution in [0.25, 0.3) is 5.70 Å². The molecule has 1 aliphatic rings. The maximum absolute atomic E-state index is 5.51. The van der Waals surface area contributed by atoms with Crippen molar-refractivity contribution in [2.45, 2.75) is 58.4 Å². The van der Waals surface area contributed by atoms with Gasteiger partial charge in [0, 0.05) is 29.7 Å². The van der Waals surface area contributed by atoms with Crippen LogP contribution in [0.2, 0.25) is 0 Å². The van der Waals surface area contributed by atoms with Gasteiger partial charge < -0.3 is 10.6 Å². The van der Waals surface area contributed by atoms with Crippen LogP contribution in [-0.2, 0) is 0 Å². The first-order valence-electron chi connectivity index (χ1n) is 10.4. The Balaban J connectivity index is 1.91. The molecule has 0 atom stereocenters. The molecule has 0 saturated heterocycles. The normalized spacial score (nSPS) is 15.3. The smallest absolute Gasteiger partial charge is 0.229 e. The van der Waals surface area contributed by atoms with Crippen molar-refractivity contribution in [2.75, 3.05) is 10.6 Å². The average Bonchev–Trinajstić information content (AvgIpc) is 2.76. The number of anilines is 3. The van der Waals surface area contributed by atoms with Crippen molar-refractivity contribution >= 4 is 29.4 Å². The van der Waals surface area contributed by atoms with E-state index in [1.54, 1.807) is 0 Å². The predicted octanol–water partition coefficient (Wildman–Crippen LogP) is 5.79. The lowest BCUT2D eigenvalue weighted by molar-refractivity contribution is 0.462. The van der Waals surface area contributed by atoms with E-state index >= 15 is 0 Å². The SMILES string of the molecule is C#Cc1cccc(Nc2ncc(/C(=C/C)N=CCC)c(NC3CCCCC3)n2)c1. The van der Waals surface area contributed by atoms with Crippen LogP contribution < -0.4 is 10.6 Å². The molecule has 1 heterocycles. The molecule has 3 rings (SSSR count). The number of nitrogens with zero attached hydrogens (tertiary/aromatic N) is 3. The second-order valence-electron chi connectivity index (χ2n) is 7.18. The lowest BCUT2D eigenvalue weighted by Gasteiger charge is -2.24. The fourth-order valence-corrected chi connectivity index (χ4v) is 3.48. The molecule has 1 fully saturated rings. The van der Waals surface area contributed by atoms with Gasteiger partial charge in [-0.25, -0.2) is 4.98 Å². The summed E-state index contributed by atoms with van der Waals surface area (Å²) in [5, 5.41) is 6.92. The molecule has 1 saturated carbocycles. The summed E-state index contributed by atoms with van der Waals surface area (Å²) in [4.78, 5) is 13.9. The van der Waals surface area contributed by atoms with E-state index in [1.807, 2.05) is 49.7 Å². The number of hydrogen-bond acceptors (Lipinski definition) is 5. The Morgan fingerprint density at radius 2 is 2.14 bits per heavy atom. The van der Waals surface area contributed by atoms with E-state index in [0.717, 1.165) is 34.8 Å². The Kier molecular flexibility index (Phi) is 7.40. The summed E-state index contributed by atoms with van der Waals surface area (Å²) < 4.78 is 0. The summed E-state index contributed by atoms with van der Waals surface area (Å²) in [7, 11) is 0. The molecule has 1 aromatic heterocycles. The molecule has 0 radical (unpaired) electrons. The zero-order valence-electron chi connectivity index (χ0n) is 17.3. The highest BCUT2D eigenvalue weighted by Gasteiger charge is 2.18. The number of allylic oxidation sites excluding steroid dienone is 1. The molecular formula is C24H29N5. The van der Waals surface area contributed by atoms with Crippen molar-refractivity contribution in [3.05, 3.63) is 47.7 Å². The van der Waals surface area contributed by atoms with Gasteiger partial charge in [-0.3, -0.25) is 4.99 Å². The monoisotopic (exact) mass is 387 g/mol. The summed E-state index contributed by atoms with van der Waals surface area (Å²) in [6.07, 6.45) is 18.3. The maximum Gasteiger partial charge on any atom is 0.229 e. The van der Waals surface area contributed by atoms with Crippen molar-refractivity contribution in [3.8, 4) is 12.3 Å². The minimum Gasteiger partial charge on any atom is -0.367 e. The largest absolute Gasteiger partial charge is 0.367 e. The quantitative estimate of drug-likeness (QED) is 0.466. The van der Waals surface area contributed by atoms with Gasteiger partial charge >= 0.3 is 0 Å². The molecule has 2 N–H and O–H groups in total. The first kappa shape index (κ1) is 20.6. The average molecular weight is 388 g/mol. The molecule has 1 aromatic carbocycles. The number of terminal acetylenes is 1. The first-order valence-corrected chi connectivity index (χ1v) is 10.4. The maximum atomic E-state index is 5.51. The van der Waals surface area contributed by atoms with Crippen molar-refractivity contribution in [1.82, 2.24) is 9.97 Å². The number of nitrogens with one attached hydrogen (secondary N) is 2. The first-order chi connectivity index (χ1) is 14.2. The third-order valence-corrected chi connectivity index (χ3v) is 4.98.